The van der Waals surface area contributed by atoms with Gasteiger partial charge in [0.05, 0.1) is 0 Å². The van der Waals surface area contributed by atoms with E-state index in [9.17, 15) is 9.90 Å². The Hall–Kier alpha value is -1.55. The van der Waals surface area contributed by atoms with Crippen LogP contribution in [-0.2, 0) is 0 Å². The molecule has 0 saturated heterocycles. The zero-order valence-electron chi connectivity index (χ0n) is 10.4. The molecule has 0 heterocycles. The maximum atomic E-state index is 11.9. The summed E-state index contributed by atoms with van der Waals surface area (Å²) < 4.78 is 0. The lowest BCUT2D eigenvalue weighted by atomic mass is 9.95. The second kappa shape index (κ2) is 5.19. The van der Waals surface area contributed by atoms with Crippen LogP contribution in [-0.4, -0.2) is 29.3 Å². The zero-order chi connectivity index (χ0) is 13.1. The van der Waals surface area contributed by atoms with Crippen molar-refractivity contribution in [2.75, 3.05) is 13.2 Å². The Morgan fingerprint density at radius 2 is 2.06 bits per heavy atom. The van der Waals surface area contributed by atoms with Gasteiger partial charge in [-0.05, 0) is 30.7 Å². The first kappa shape index (κ1) is 13.5. The standard InChI is InChI=1S/C13H19NO3/c1-9-6-10(16)4-5-11(9)12(17)14-7-13(2,3)8-15/h4-6,15-16H,7-8H2,1-3H3,(H,14,17). The van der Waals surface area contributed by atoms with Crippen LogP contribution in [0.15, 0.2) is 18.2 Å². The predicted molar refractivity (Wildman–Crippen MR) is 66.0 cm³/mol. The number of aromatic hydroxyl groups is 1. The van der Waals surface area contributed by atoms with Crippen molar-refractivity contribution in [3.63, 3.8) is 0 Å². The molecule has 0 aliphatic rings. The molecule has 0 atom stereocenters. The summed E-state index contributed by atoms with van der Waals surface area (Å²) in [5, 5.41) is 21.1. The van der Waals surface area contributed by atoms with Crippen molar-refractivity contribution >= 4 is 5.91 Å². The minimum absolute atomic E-state index is 0.0157. The molecule has 4 heteroatoms. The molecule has 0 unspecified atom stereocenters. The van der Waals surface area contributed by atoms with Gasteiger partial charge in [0.2, 0.25) is 0 Å². The lowest BCUT2D eigenvalue weighted by Crippen LogP contribution is -2.36. The van der Waals surface area contributed by atoms with Gasteiger partial charge in [-0.25, -0.2) is 0 Å². The lowest BCUT2D eigenvalue weighted by molar-refractivity contribution is 0.0910. The molecule has 0 aliphatic heterocycles. The van der Waals surface area contributed by atoms with Crippen LogP contribution in [0.2, 0.25) is 0 Å². The highest BCUT2D eigenvalue weighted by Crippen LogP contribution is 2.16. The van der Waals surface area contributed by atoms with Gasteiger partial charge in [0.1, 0.15) is 5.75 Å². The van der Waals surface area contributed by atoms with Crippen LogP contribution >= 0.6 is 0 Å². The fraction of sp³-hybridized carbons (Fsp3) is 0.462. The third-order valence-corrected chi connectivity index (χ3v) is 2.61. The average molecular weight is 237 g/mol. The van der Waals surface area contributed by atoms with Crippen LogP contribution in [0, 0.1) is 12.3 Å². The van der Waals surface area contributed by atoms with Crippen molar-refractivity contribution in [2.24, 2.45) is 5.41 Å². The summed E-state index contributed by atoms with van der Waals surface area (Å²) in [6.07, 6.45) is 0. The van der Waals surface area contributed by atoms with Crippen LogP contribution in [0.5, 0.6) is 5.75 Å². The Morgan fingerprint density at radius 1 is 1.41 bits per heavy atom. The van der Waals surface area contributed by atoms with Crippen molar-refractivity contribution in [3.8, 4) is 5.75 Å². The number of benzene rings is 1. The molecular formula is C13H19NO3. The minimum atomic E-state index is -0.333. The summed E-state index contributed by atoms with van der Waals surface area (Å²) in [4.78, 5) is 11.9. The molecule has 94 valence electrons. The highest BCUT2D eigenvalue weighted by Gasteiger charge is 2.18. The van der Waals surface area contributed by atoms with Crippen molar-refractivity contribution < 1.29 is 15.0 Å². The third kappa shape index (κ3) is 3.75. The van der Waals surface area contributed by atoms with Gasteiger partial charge in [-0.1, -0.05) is 13.8 Å². The van der Waals surface area contributed by atoms with Crippen LogP contribution in [0.1, 0.15) is 29.8 Å². The molecule has 1 amide bonds. The van der Waals surface area contributed by atoms with Gasteiger partial charge < -0.3 is 15.5 Å². The number of aryl methyl sites for hydroxylation is 1. The van der Waals surface area contributed by atoms with Gasteiger partial charge >= 0.3 is 0 Å². The van der Waals surface area contributed by atoms with Gasteiger partial charge in [-0.3, -0.25) is 4.79 Å². The summed E-state index contributed by atoms with van der Waals surface area (Å²) in [5.41, 5.74) is 0.932. The SMILES string of the molecule is Cc1cc(O)ccc1C(=O)NCC(C)(C)CO. The molecule has 0 aromatic heterocycles. The number of nitrogens with one attached hydrogen (secondary N) is 1. The van der Waals surface area contributed by atoms with E-state index in [0.29, 0.717) is 12.1 Å². The number of carbonyl (C=O) groups excluding carboxylic acids is 1. The molecule has 1 aromatic carbocycles. The maximum absolute atomic E-state index is 11.9. The number of hydrogen-bond donors (Lipinski definition) is 3. The molecule has 0 fully saturated rings. The molecular weight excluding hydrogens is 218 g/mol. The van der Waals surface area contributed by atoms with E-state index in [2.05, 4.69) is 5.32 Å². The molecule has 17 heavy (non-hydrogen) atoms. The molecule has 3 N–H and O–H groups in total. The monoisotopic (exact) mass is 237 g/mol. The predicted octanol–water partition coefficient (Wildman–Crippen LogP) is 1.45. The summed E-state index contributed by atoms with van der Waals surface area (Å²) in [7, 11) is 0. The quantitative estimate of drug-likeness (QED) is 0.742. The number of hydrogen-bond acceptors (Lipinski definition) is 3. The van der Waals surface area contributed by atoms with Gasteiger partial charge in [0.15, 0.2) is 0 Å². The Morgan fingerprint density at radius 3 is 2.59 bits per heavy atom. The van der Waals surface area contributed by atoms with E-state index in [-0.39, 0.29) is 23.7 Å². The fourth-order valence-electron chi connectivity index (χ4n) is 1.37. The van der Waals surface area contributed by atoms with Crippen molar-refractivity contribution in [1.82, 2.24) is 5.32 Å². The first-order chi connectivity index (χ1) is 7.85. The highest BCUT2D eigenvalue weighted by molar-refractivity contribution is 5.95. The number of rotatable bonds is 4. The average Bonchev–Trinajstić information content (AvgIpc) is 2.26. The summed E-state index contributed by atoms with van der Waals surface area (Å²) in [5.74, 6) is -0.0428. The maximum Gasteiger partial charge on any atom is 0.251 e. The van der Waals surface area contributed by atoms with Gasteiger partial charge in [-0.2, -0.15) is 0 Å². The third-order valence-electron chi connectivity index (χ3n) is 2.61. The topological polar surface area (TPSA) is 69.6 Å². The minimum Gasteiger partial charge on any atom is -0.508 e. The van der Waals surface area contributed by atoms with E-state index in [0.717, 1.165) is 5.56 Å². The van der Waals surface area contributed by atoms with E-state index in [1.807, 2.05) is 13.8 Å². The number of aliphatic hydroxyl groups excluding tert-OH is 1. The summed E-state index contributed by atoms with van der Waals surface area (Å²) in [6, 6.07) is 4.62. The van der Waals surface area contributed by atoms with Crippen molar-refractivity contribution in [1.29, 1.82) is 0 Å². The van der Waals surface area contributed by atoms with Crippen molar-refractivity contribution in [2.45, 2.75) is 20.8 Å². The number of amides is 1. The molecule has 0 aliphatic carbocycles. The van der Waals surface area contributed by atoms with Crippen LogP contribution in [0.4, 0.5) is 0 Å². The van der Waals surface area contributed by atoms with Gasteiger partial charge in [0.25, 0.3) is 5.91 Å². The van der Waals surface area contributed by atoms with Gasteiger partial charge in [-0.15, -0.1) is 0 Å². The molecule has 4 nitrogen and oxygen atoms in total. The van der Waals surface area contributed by atoms with Crippen LogP contribution in [0.3, 0.4) is 0 Å². The molecule has 0 bridgehead atoms. The fourth-order valence-corrected chi connectivity index (χ4v) is 1.37. The lowest BCUT2D eigenvalue weighted by Gasteiger charge is -2.22. The largest absolute Gasteiger partial charge is 0.508 e. The first-order valence-electron chi connectivity index (χ1n) is 5.54. The first-order valence-corrected chi connectivity index (χ1v) is 5.54. The smallest absolute Gasteiger partial charge is 0.251 e. The summed E-state index contributed by atoms with van der Waals surface area (Å²) >= 11 is 0. The number of carbonyl (C=O) groups is 1. The van der Waals surface area contributed by atoms with E-state index in [1.165, 1.54) is 6.07 Å². The second-order valence-electron chi connectivity index (χ2n) is 5.00. The molecule has 0 saturated carbocycles. The second-order valence-corrected chi connectivity index (χ2v) is 5.00. The molecule has 0 radical (unpaired) electrons. The normalized spacial score (nSPS) is 11.3. The van der Waals surface area contributed by atoms with Crippen molar-refractivity contribution in [3.05, 3.63) is 29.3 Å². The number of aliphatic hydroxyl groups is 1. The van der Waals surface area contributed by atoms with Gasteiger partial charge in [0, 0.05) is 24.1 Å². The van der Waals surface area contributed by atoms with E-state index in [1.54, 1.807) is 19.1 Å². The van der Waals surface area contributed by atoms with E-state index >= 15 is 0 Å². The Labute approximate surface area is 101 Å². The van der Waals surface area contributed by atoms with E-state index in [4.69, 9.17) is 5.11 Å². The summed E-state index contributed by atoms with van der Waals surface area (Å²) in [6.45, 7) is 5.93. The van der Waals surface area contributed by atoms with E-state index < -0.39 is 0 Å². The molecule has 1 aromatic rings. The Balaban J connectivity index is 2.71. The van der Waals surface area contributed by atoms with Crippen LogP contribution in [0.25, 0.3) is 0 Å². The molecule has 1 rings (SSSR count). The highest BCUT2D eigenvalue weighted by atomic mass is 16.3. The van der Waals surface area contributed by atoms with Crippen LogP contribution < -0.4 is 5.32 Å². The number of phenolic OH excluding ortho intramolecular Hbond substituents is 1. The number of phenols is 1. The Bertz CT molecular complexity index is 413. The zero-order valence-corrected chi connectivity index (χ0v) is 10.4. The molecule has 0 spiro atoms. The Kier molecular flexibility index (Phi) is 4.12.